The Morgan fingerprint density at radius 1 is 0.973 bits per heavy atom. The van der Waals surface area contributed by atoms with Gasteiger partial charge in [-0.2, -0.15) is 0 Å². The van der Waals surface area contributed by atoms with E-state index in [-0.39, 0.29) is 0 Å². The fourth-order valence-corrected chi connectivity index (χ4v) is 5.41. The molecule has 0 aromatic heterocycles. The number of aliphatic hydroxyl groups is 1. The van der Waals surface area contributed by atoms with Gasteiger partial charge in [0.1, 0.15) is 22.7 Å². The first kappa shape index (κ1) is 27.5. The van der Waals surface area contributed by atoms with E-state index in [0.29, 0.717) is 39.4 Å². The van der Waals surface area contributed by atoms with Gasteiger partial charge in [-0.15, -0.1) is 0 Å². The van der Waals surface area contributed by atoms with Crippen LogP contribution in [0.4, 0.5) is 4.79 Å². The van der Waals surface area contributed by atoms with Crippen molar-refractivity contribution in [3.05, 3.63) is 99.0 Å². The van der Waals surface area contributed by atoms with E-state index in [0.717, 1.165) is 11.1 Å². The number of amidine groups is 1. The van der Waals surface area contributed by atoms with Crippen molar-refractivity contribution >= 4 is 46.0 Å². The molecule has 0 radical (unpaired) electrons. The molecule has 0 unspecified atom stereocenters. The predicted molar refractivity (Wildman–Crippen MR) is 150 cm³/mol. The second-order valence-corrected chi connectivity index (χ2v) is 11.1. The fraction of sp³-hybridized carbons (Fsp3) is 0.310. The normalized spacial score (nSPS) is 21.6. The number of hydrogen-bond acceptors (Lipinski definition) is 4. The molecule has 1 aliphatic heterocycles. The van der Waals surface area contributed by atoms with Crippen LogP contribution in [-0.4, -0.2) is 27.8 Å². The Bertz CT molecular complexity index is 1350. The molecule has 1 N–H and O–H groups in total. The molecule has 0 saturated heterocycles. The van der Waals surface area contributed by atoms with E-state index in [9.17, 15) is 9.90 Å². The summed E-state index contributed by atoms with van der Waals surface area (Å²) < 4.78 is 5.98. The lowest BCUT2D eigenvalue weighted by molar-refractivity contribution is 0.0782. The molecule has 1 amide bonds. The number of benzene rings is 3. The molecule has 0 saturated carbocycles. The average molecular weight is 560 g/mol. The van der Waals surface area contributed by atoms with Gasteiger partial charge in [0.05, 0.1) is 17.8 Å². The zero-order chi connectivity index (χ0) is 27.2. The SMILES string of the molecule is CCOc1cc(C(C)(C)O)ccc1C1=N[C@@](C)(c2ccc(Cl)cc2)[C@](C)(c2ccc(Cl)cc2)N1C(=O)Cl. The van der Waals surface area contributed by atoms with Crippen LogP contribution < -0.4 is 4.74 Å². The highest BCUT2D eigenvalue weighted by Gasteiger charge is 2.59. The summed E-state index contributed by atoms with van der Waals surface area (Å²) in [6.07, 6.45) is 0. The van der Waals surface area contributed by atoms with Crippen molar-refractivity contribution in [1.82, 2.24) is 4.90 Å². The van der Waals surface area contributed by atoms with E-state index in [1.807, 2.05) is 45.0 Å². The molecule has 1 aliphatic rings. The van der Waals surface area contributed by atoms with E-state index in [1.54, 1.807) is 56.3 Å². The molecule has 37 heavy (non-hydrogen) atoms. The highest BCUT2D eigenvalue weighted by molar-refractivity contribution is 6.64. The van der Waals surface area contributed by atoms with Gasteiger partial charge in [0.25, 0.3) is 0 Å². The van der Waals surface area contributed by atoms with Crippen LogP contribution in [-0.2, 0) is 16.7 Å². The molecule has 4 rings (SSSR count). The third-order valence-electron chi connectivity index (χ3n) is 7.15. The molecule has 3 aromatic carbocycles. The molecule has 0 bridgehead atoms. The standard InChI is InChI=1S/C29H29Cl3N2O3/c1-6-37-24-17-20(27(2,3)36)11-16-23(24)25-33-28(4,18-7-12-21(30)13-8-18)29(5,34(25)26(32)35)19-9-14-22(31)15-10-19/h7-17,36H,6H2,1-5H3/t28-,29-/m0/s1. The molecule has 3 aromatic rings. The fourth-order valence-electron chi connectivity index (χ4n) is 4.91. The van der Waals surface area contributed by atoms with Gasteiger partial charge in [0.2, 0.25) is 0 Å². The third kappa shape index (κ3) is 4.74. The Morgan fingerprint density at radius 2 is 1.51 bits per heavy atom. The van der Waals surface area contributed by atoms with E-state index >= 15 is 0 Å². The topological polar surface area (TPSA) is 62.1 Å². The smallest absolute Gasteiger partial charge is 0.322 e. The van der Waals surface area contributed by atoms with E-state index in [2.05, 4.69) is 0 Å². The molecular weight excluding hydrogens is 531 g/mol. The van der Waals surface area contributed by atoms with Crippen LogP contribution in [0, 0.1) is 0 Å². The van der Waals surface area contributed by atoms with Crippen molar-refractivity contribution in [1.29, 1.82) is 0 Å². The second kappa shape index (κ2) is 9.95. The Balaban J connectivity index is 2.03. The summed E-state index contributed by atoms with van der Waals surface area (Å²) in [4.78, 5) is 19.9. The van der Waals surface area contributed by atoms with Crippen LogP contribution in [0.5, 0.6) is 5.75 Å². The molecule has 1 heterocycles. The molecule has 0 spiro atoms. The molecule has 2 atom stereocenters. The number of carbonyl (C=O) groups excluding carboxylic acids is 1. The lowest BCUT2D eigenvalue weighted by atomic mass is 9.71. The minimum Gasteiger partial charge on any atom is -0.493 e. The number of carbonyl (C=O) groups is 1. The Labute approximate surface area is 232 Å². The summed E-state index contributed by atoms with van der Waals surface area (Å²) in [5.74, 6) is 0.850. The zero-order valence-corrected chi connectivity index (χ0v) is 23.6. The maximum Gasteiger partial charge on any atom is 0.322 e. The minimum atomic E-state index is -1.08. The van der Waals surface area contributed by atoms with Crippen molar-refractivity contribution in [2.75, 3.05) is 6.61 Å². The largest absolute Gasteiger partial charge is 0.493 e. The first-order chi connectivity index (χ1) is 17.3. The Morgan fingerprint density at radius 3 is 2.00 bits per heavy atom. The number of nitrogens with zero attached hydrogens (tertiary/aromatic N) is 2. The van der Waals surface area contributed by atoms with E-state index in [4.69, 9.17) is 44.5 Å². The lowest BCUT2D eigenvalue weighted by Crippen LogP contribution is -2.53. The van der Waals surface area contributed by atoms with Gasteiger partial charge in [-0.3, -0.25) is 14.7 Å². The van der Waals surface area contributed by atoms with Crippen molar-refractivity contribution in [3.63, 3.8) is 0 Å². The van der Waals surface area contributed by atoms with Gasteiger partial charge < -0.3 is 9.84 Å². The van der Waals surface area contributed by atoms with Crippen molar-refractivity contribution in [2.24, 2.45) is 4.99 Å². The maximum atomic E-state index is 13.2. The van der Waals surface area contributed by atoms with Crippen molar-refractivity contribution in [3.8, 4) is 5.75 Å². The van der Waals surface area contributed by atoms with E-state index < -0.39 is 22.0 Å². The number of aliphatic imine (C=N–C) groups is 1. The summed E-state index contributed by atoms with van der Waals surface area (Å²) in [6.45, 7) is 9.57. The highest BCUT2D eigenvalue weighted by Crippen LogP contribution is 2.54. The van der Waals surface area contributed by atoms with Crippen LogP contribution in [0.3, 0.4) is 0 Å². The van der Waals surface area contributed by atoms with Gasteiger partial charge in [-0.05, 0) is 99.3 Å². The van der Waals surface area contributed by atoms with Gasteiger partial charge in [-0.1, -0.05) is 53.5 Å². The summed E-state index contributed by atoms with van der Waals surface area (Å²) in [6, 6.07) is 20.1. The van der Waals surface area contributed by atoms with Gasteiger partial charge in [0.15, 0.2) is 0 Å². The first-order valence-corrected chi connectivity index (χ1v) is 13.1. The predicted octanol–water partition coefficient (Wildman–Crippen LogP) is 7.87. The van der Waals surface area contributed by atoms with Crippen LogP contribution in [0.1, 0.15) is 56.9 Å². The number of hydrogen-bond donors (Lipinski definition) is 1. The lowest BCUT2D eigenvalue weighted by Gasteiger charge is -2.44. The van der Waals surface area contributed by atoms with Crippen LogP contribution >= 0.6 is 34.8 Å². The summed E-state index contributed by atoms with van der Waals surface area (Å²) >= 11 is 18.8. The summed E-state index contributed by atoms with van der Waals surface area (Å²) in [5.41, 5.74) is -0.197. The quantitative estimate of drug-likeness (QED) is 0.247. The Kier molecular flexibility index (Phi) is 7.39. The Hall–Kier alpha value is -2.57. The maximum absolute atomic E-state index is 13.2. The molecular formula is C29H29Cl3N2O3. The minimum absolute atomic E-state index is 0.362. The number of rotatable bonds is 6. The third-order valence-corrected chi connectivity index (χ3v) is 7.83. The molecule has 8 heteroatoms. The van der Waals surface area contributed by atoms with Crippen molar-refractivity contribution in [2.45, 2.75) is 51.3 Å². The molecule has 0 aliphatic carbocycles. The van der Waals surface area contributed by atoms with Crippen LogP contribution in [0.15, 0.2) is 71.7 Å². The summed E-state index contributed by atoms with van der Waals surface area (Å²) in [7, 11) is 0. The second-order valence-electron chi connectivity index (χ2n) is 9.88. The number of halogens is 3. The molecule has 0 fully saturated rings. The highest BCUT2D eigenvalue weighted by atomic mass is 35.5. The molecule has 5 nitrogen and oxygen atoms in total. The zero-order valence-electron chi connectivity index (χ0n) is 21.3. The molecule has 194 valence electrons. The van der Waals surface area contributed by atoms with Crippen molar-refractivity contribution < 1.29 is 14.6 Å². The average Bonchev–Trinajstić information content (AvgIpc) is 3.08. The number of amides is 1. The van der Waals surface area contributed by atoms with Crippen LogP contribution in [0.25, 0.3) is 0 Å². The van der Waals surface area contributed by atoms with Gasteiger partial charge in [-0.25, -0.2) is 0 Å². The summed E-state index contributed by atoms with van der Waals surface area (Å²) in [5, 5.41) is 11.1. The number of ether oxygens (including phenoxy) is 1. The van der Waals surface area contributed by atoms with Gasteiger partial charge >= 0.3 is 5.37 Å². The van der Waals surface area contributed by atoms with Gasteiger partial charge in [0, 0.05) is 10.0 Å². The first-order valence-electron chi connectivity index (χ1n) is 11.9. The monoisotopic (exact) mass is 558 g/mol. The van der Waals surface area contributed by atoms with Crippen LogP contribution in [0.2, 0.25) is 10.0 Å². The van der Waals surface area contributed by atoms with E-state index in [1.165, 1.54) is 4.90 Å².